The van der Waals surface area contributed by atoms with Gasteiger partial charge in [0, 0.05) is 6.20 Å². The highest BCUT2D eigenvalue weighted by Crippen LogP contribution is 2.19. The van der Waals surface area contributed by atoms with Crippen molar-refractivity contribution in [2.45, 2.75) is 25.2 Å². The highest BCUT2D eigenvalue weighted by atomic mass is 79.9. The summed E-state index contributed by atoms with van der Waals surface area (Å²) in [6.07, 6.45) is 1.86. The quantitative estimate of drug-likeness (QED) is 0.815. The van der Waals surface area contributed by atoms with Crippen molar-refractivity contribution in [1.29, 1.82) is 0 Å². The van der Waals surface area contributed by atoms with Crippen LogP contribution in [0, 0.1) is 12.7 Å². The Morgan fingerprint density at radius 3 is 2.88 bits per heavy atom. The van der Waals surface area contributed by atoms with Crippen molar-refractivity contribution in [2.24, 2.45) is 0 Å². The molecule has 1 heterocycles. The maximum atomic E-state index is 13.1. The molecule has 17 heavy (non-hydrogen) atoms. The largest absolute Gasteiger partial charge is 0.248 e. The van der Waals surface area contributed by atoms with Crippen LogP contribution in [-0.2, 0) is 6.54 Å². The molecule has 0 saturated heterocycles. The summed E-state index contributed by atoms with van der Waals surface area (Å²) in [7, 11) is 0. The highest BCUT2D eigenvalue weighted by Gasteiger charge is 2.07. The standard InChI is InChI=1S/C12H13BrFN3/c1-8-3-4-11(14)5-10(8)6-17-7-12(9(2)13)15-16-17/h3-5,7,9H,6H2,1-2H3. The molecule has 5 heteroatoms. The molecule has 0 N–H and O–H groups in total. The SMILES string of the molecule is Cc1ccc(F)cc1Cn1cc(C(C)Br)nn1. The van der Waals surface area contributed by atoms with Gasteiger partial charge in [0.1, 0.15) is 5.82 Å². The molecule has 0 aliphatic heterocycles. The van der Waals surface area contributed by atoms with Crippen molar-refractivity contribution in [3.63, 3.8) is 0 Å². The van der Waals surface area contributed by atoms with E-state index in [1.54, 1.807) is 10.7 Å². The summed E-state index contributed by atoms with van der Waals surface area (Å²) < 4.78 is 14.8. The summed E-state index contributed by atoms with van der Waals surface area (Å²) in [5.41, 5.74) is 2.85. The van der Waals surface area contributed by atoms with Gasteiger partial charge in [-0.1, -0.05) is 27.2 Å². The third-order valence-electron chi connectivity index (χ3n) is 2.61. The van der Waals surface area contributed by atoms with Crippen LogP contribution in [0.25, 0.3) is 0 Å². The second kappa shape index (κ2) is 4.96. The van der Waals surface area contributed by atoms with Crippen LogP contribution < -0.4 is 0 Å². The molecular formula is C12H13BrFN3. The molecule has 0 fully saturated rings. The fraction of sp³-hybridized carbons (Fsp3) is 0.333. The van der Waals surface area contributed by atoms with Gasteiger partial charge in [0.05, 0.1) is 17.1 Å². The van der Waals surface area contributed by atoms with Gasteiger partial charge in [-0.2, -0.15) is 0 Å². The second-order valence-corrected chi connectivity index (χ2v) is 5.40. The Morgan fingerprint density at radius 2 is 2.24 bits per heavy atom. The Hall–Kier alpha value is -1.23. The fourth-order valence-corrected chi connectivity index (χ4v) is 1.77. The number of aromatic nitrogens is 3. The third kappa shape index (κ3) is 2.91. The predicted octanol–water partition coefficient (Wildman–Crippen LogP) is 3.23. The normalized spacial score (nSPS) is 12.7. The summed E-state index contributed by atoms with van der Waals surface area (Å²) >= 11 is 3.43. The molecule has 0 aliphatic rings. The van der Waals surface area contributed by atoms with E-state index >= 15 is 0 Å². The molecule has 0 saturated carbocycles. The van der Waals surface area contributed by atoms with Crippen LogP contribution in [0.2, 0.25) is 0 Å². The lowest BCUT2D eigenvalue weighted by Gasteiger charge is -2.05. The Balaban J connectivity index is 2.22. The first kappa shape index (κ1) is 12.2. The van der Waals surface area contributed by atoms with E-state index in [4.69, 9.17) is 0 Å². The van der Waals surface area contributed by atoms with Crippen molar-refractivity contribution < 1.29 is 4.39 Å². The summed E-state index contributed by atoms with van der Waals surface area (Å²) in [5, 5.41) is 8.05. The molecule has 1 aromatic heterocycles. The van der Waals surface area contributed by atoms with Gasteiger partial charge < -0.3 is 0 Å². The molecule has 2 rings (SSSR count). The molecule has 0 spiro atoms. The lowest BCUT2D eigenvalue weighted by Crippen LogP contribution is -2.02. The fourth-order valence-electron chi connectivity index (χ4n) is 1.56. The van der Waals surface area contributed by atoms with Gasteiger partial charge in [-0.3, -0.25) is 0 Å². The zero-order valence-electron chi connectivity index (χ0n) is 9.69. The molecule has 3 nitrogen and oxygen atoms in total. The second-order valence-electron chi connectivity index (χ2n) is 4.03. The first-order valence-corrected chi connectivity index (χ1v) is 6.27. The molecule has 1 aromatic carbocycles. The van der Waals surface area contributed by atoms with Gasteiger partial charge in [-0.25, -0.2) is 9.07 Å². The van der Waals surface area contributed by atoms with Crippen LogP contribution in [0.1, 0.15) is 28.6 Å². The maximum absolute atomic E-state index is 13.1. The van der Waals surface area contributed by atoms with E-state index < -0.39 is 0 Å². The Kier molecular flexibility index (Phi) is 3.57. The van der Waals surface area contributed by atoms with Crippen molar-refractivity contribution in [1.82, 2.24) is 15.0 Å². The smallest absolute Gasteiger partial charge is 0.123 e. The first-order chi connectivity index (χ1) is 8.06. The van der Waals surface area contributed by atoms with Gasteiger partial charge in [-0.05, 0) is 37.1 Å². The van der Waals surface area contributed by atoms with E-state index in [0.717, 1.165) is 16.8 Å². The van der Waals surface area contributed by atoms with E-state index in [9.17, 15) is 4.39 Å². The van der Waals surface area contributed by atoms with Gasteiger partial charge in [0.15, 0.2) is 0 Å². The van der Waals surface area contributed by atoms with Crippen LogP contribution in [0.4, 0.5) is 4.39 Å². The zero-order valence-corrected chi connectivity index (χ0v) is 11.3. The zero-order chi connectivity index (χ0) is 12.4. The summed E-state index contributed by atoms with van der Waals surface area (Å²) in [5.74, 6) is -0.222. The molecule has 90 valence electrons. The Labute approximate surface area is 108 Å². The lowest BCUT2D eigenvalue weighted by atomic mass is 10.1. The van der Waals surface area contributed by atoms with E-state index in [0.29, 0.717) is 6.54 Å². The number of hydrogen-bond donors (Lipinski definition) is 0. The van der Waals surface area contributed by atoms with E-state index in [-0.39, 0.29) is 10.6 Å². The predicted molar refractivity (Wildman–Crippen MR) is 67.6 cm³/mol. The minimum Gasteiger partial charge on any atom is -0.248 e. The minimum atomic E-state index is -0.222. The van der Waals surface area contributed by atoms with E-state index in [2.05, 4.69) is 26.2 Å². The average Bonchev–Trinajstić information content (AvgIpc) is 2.72. The number of nitrogens with zero attached hydrogens (tertiary/aromatic N) is 3. The van der Waals surface area contributed by atoms with Gasteiger partial charge in [-0.15, -0.1) is 5.10 Å². The molecule has 1 atom stereocenters. The number of alkyl halides is 1. The third-order valence-corrected chi connectivity index (χ3v) is 3.08. The molecule has 2 aromatic rings. The van der Waals surface area contributed by atoms with E-state index in [1.807, 2.05) is 20.0 Å². The summed E-state index contributed by atoms with van der Waals surface area (Å²) in [6.45, 7) is 4.48. The number of halogens is 2. The molecule has 1 unspecified atom stereocenters. The van der Waals surface area contributed by atoms with Gasteiger partial charge >= 0.3 is 0 Å². The summed E-state index contributed by atoms with van der Waals surface area (Å²) in [4.78, 5) is 0.171. The Bertz CT molecular complexity index is 522. The summed E-state index contributed by atoms with van der Waals surface area (Å²) in [6, 6.07) is 4.77. The van der Waals surface area contributed by atoms with Crippen molar-refractivity contribution in [2.75, 3.05) is 0 Å². The first-order valence-electron chi connectivity index (χ1n) is 5.35. The number of rotatable bonds is 3. The van der Waals surface area contributed by atoms with Crippen molar-refractivity contribution >= 4 is 15.9 Å². The monoisotopic (exact) mass is 297 g/mol. The molecule has 0 aliphatic carbocycles. The minimum absolute atomic E-state index is 0.171. The van der Waals surface area contributed by atoms with Crippen LogP contribution in [0.3, 0.4) is 0 Å². The van der Waals surface area contributed by atoms with Gasteiger partial charge in [0.2, 0.25) is 0 Å². The molecule has 0 bridgehead atoms. The number of aryl methyl sites for hydroxylation is 1. The van der Waals surface area contributed by atoms with Gasteiger partial charge in [0.25, 0.3) is 0 Å². The average molecular weight is 298 g/mol. The lowest BCUT2D eigenvalue weighted by molar-refractivity contribution is 0.612. The highest BCUT2D eigenvalue weighted by molar-refractivity contribution is 9.09. The van der Waals surface area contributed by atoms with Crippen LogP contribution in [-0.4, -0.2) is 15.0 Å². The maximum Gasteiger partial charge on any atom is 0.123 e. The van der Waals surface area contributed by atoms with Crippen molar-refractivity contribution in [3.8, 4) is 0 Å². The number of hydrogen-bond acceptors (Lipinski definition) is 2. The Morgan fingerprint density at radius 1 is 1.47 bits per heavy atom. The molecule has 0 amide bonds. The van der Waals surface area contributed by atoms with Crippen LogP contribution >= 0.6 is 15.9 Å². The number of benzene rings is 1. The molecular weight excluding hydrogens is 285 g/mol. The molecule has 0 radical (unpaired) electrons. The van der Waals surface area contributed by atoms with Crippen LogP contribution in [0.5, 0.6) is 0 Å². The topological polar surface area (TPSA) is 30.7 Å². The van der Waals surface area contributed by atoms with Crippen LogP contribution in [0.15, 0.2) is 24.4 Å². The van der Waals surface area contributed by atoms with Crippen molar-refractivity contribution in [3.05, 3.63) is 47.0 Å². The van der Waals surface area contributed by atoms with E-state index in [1.165, 1.54) is 12.1 Å².